The summed E-state index contributed by atoms with van der Waals surface area (Å²) in [5.74, 6) is -7.01. The van der Waals surface area contributed by atoms with Crippen molar-refractivity contribution in [3.05, 3.63) is 47.2 Å². The van der Waals surface area contributed by atoms with E-state index in [1.165, 1.54) is 0 Å². The summed E-state index contributed by atoms with van der Waals surface area (Å²) >= 11 is 0. The van der Waals surface area contributed by atoms with Crippen molar-refractivity contribution in [1.82, 2.24) is 0 Å². The molecule has 1 aromatic heterocycles. The molecule has 0 aliphatic rings. The molecule has 0 atom stereocenters. The second-order valence-corrected chi connectivity index (χ2v) is 3.16. The van der Waals surface area contributed by atoms with Gasteiger partial charge in [0, 0.05) is 6.07 Å². The van der Waals surface area contributed by atoms with E-state index < -0.39 is 28.8 Å². The number of hydrogen-bond acceptors (Lipinski definition) is 2. The van der Waals surface area contributed by atoms with Gasteiger partial charge in [-0.3, -0.25) is 4.79 Å². The van der Waals surface area contributed by atoms with Gasteiger partial charge in [-0.15, -0.1) is 0 Å². The summed E-state index contributed by atoms with van der Waals surface area (Å²) in [6.45, 7) is 0. The third-order valence-electron chi connectivity index (χ3n) is 2.10. The molecule has 0 unspecified atom stereocenters. The lowest BCUT2D eigenvalue weighted by Gasteiger charge is -2.03. The lowest BCUT2D eigenvalue weighted by Crippen LogP contribution is -1.97. The predicted molar refractivity (Wildman–Crippen MR) is 49.4 cm³/mol. The smallest absolute Gasteiger partial charge is 0.195 e. The molecule has 0 bridgehead atoms. The molecule has 6 heteroatoms. The van der Waals surface area contributed by atoms with Crippen molar-refractivity contribution in [3.63, 3.8) is 0 Å². The Labute approximate surface area is 92.5 Å². The average Bonchev–Trinajstić information content (AvgIpc) is 2.74. The first-order chi connectivity index (χ1) is 8.04. The average molecular weight is 244 g/mol. The van der Waals surface area contributed by atoms with Crippen LogP contribution in [0.4, 0.5) is 17.6 Å². The van der Waals surface area contributed by atoms with Gasteiger partial charge in [0.05, 0.1) is 5.56 Å². The van der Waals surface area contributed by atoms with E-state index in [-0.39, 0.29) is 17.6 Å². The van der Waals surface area contributed by atoms with Crippen molar-refractivity contribution in [2.75, 3.05) is 0 Å². The van der Waals surface area contributed by atoms with Crippen LogP contribution in [0, 0.1) is 23.3 Å². The number of aldehydes is 1. The summed E-state index contributed by atoms with van der Waals surface area (Å²) in [5.41, 5.74) is -0.850. The summed E-state index contributed by atoms with van der Waals surface area (Å²) < 4.78 is 56.9. The topological polar surface area (TPSA) is 30.2 Å². The summed E-state index contributed by atoms with van der Waals surface area (Å²) in [4.78, 5) is 10.3. The van der Waals surface area contributed by atoms with Crippen LogP contribution in [0.2, 0.25) is 0 Å². The van der Waals surface area contributed by atoms with Crippen LogP contribution in [0.25, 0.3) is 11.3 Å². The van der Waals surface area contributed by atoms with Crippen LogP contribution in [-0.4, -0.2) is 6.29 Å². The normalized spacial score (nSPS) is 10.6. The molecule has 17 heavy (non-hydrogen) atoms. The highest BCUT2D eigenvalue weighted by Gasteiger charge is 2.22. The van der Waals surface area contributed by atoms with Crippen LogP contribution >= 0.6 is 0 Å². The van der Waals surface area contributed by atoms with Crippen molar-refractivity contribution >= 4 is 6.29 Å². The van der Waals surface area contributed by atoms with Crippen LogP contribution in [0.3, 0.4) is 0 Å². The van der Waals surface area contributed by atoms with Crippen LogP contribution in [0.1, 0.15) is 10.6 Å². The lowest BCUT2D eigenvalue weighted by molar-refractivity contribution is 0.110. The first kappa shape index (κ1) is 11.4. The Kier molecular flexibility index (Phi) is 2.71. The first-order valence-electron chi connectivity index (χ1n) is 4.43. The Hall–Kier alpha value is -2.11. The third kappa shape index (κ3) is 1.82. The lowest BCUT2D eigenvalue weighted by atomic mass is 10.1. The molecule has 1 aromatic carbocycles. The molecule has 0 saturated carbocycles. The van der Waals surface area contributed by atoms with E-state index in [0.29, 0.717) is 6.29 Å². The number of carbonyl (C=O) groups excluding carboxylic acids is 1. The fourth-order valence-corrected chi connectivity index (χ4v) is 1.34. The fraction of sp³-hybridized carbons (Fsp3) is 0. The molecule has 2 aromatic rings. The Bertz CT molecular complexity index is 589. The van der Waals surface area contributed by atoms with E-state index in [9.17, 15) is 22.4 Å². The van der Waals surface area contributed by atoms with Crippen molar-refractivity contribution in [3.8, 4) is 11.3 Å². The maximum absolute atomic E-state index is 13.3. The van der Waals surface area contributed by atoms with Crippen molar-refractivity contribution in [2.24, 2.45) is 0 Å². The highest BCUT2D eigenvalue weighted by Crippen LogP contribution is 2.30. The van der Waals surface area contributed by atoms with Gasteiger partial charge in [-0.25, -0.2) is 17.6 Å². The Morgan fingerprint density at radius 3 is 2.29 bits per heavy atom. The molecule has 0 N–H and O–H groups in total. The summed E-state index contributed by atoms with van der Waals surface area (Å²) in [6, 6.07) is 2.45. The van der Waals surface area contributed by atoms with Crippen molar-refractivity contribution < 1.29 is 26.8 Å². The highest BCUT2D eigenvalue weighted by atomic mass is 19.2. The highest BCUT2D eigenvalue weighted by molar-refractivity contribution is 5.73. The molecule has 0 amide bonds. The molecule has 0 saturated heterocycles. The van der Waals surface area contributed by atoms with Gasteiger partial charge in [-0.05, 0) is 12.1 Å². The molecule has 2 nitrogen and oxygen atoms in total. The maximum Gasteiger partial charge on any atom is 0.195 e. The van der Waals surface area contributed by atoms with E-state index in [2.05, 4.69) is 0 Å². The molecule has 0 fully saturated rings. The van der Waals surface area contributed by atoms with Gasteiger partial charge in [0.15, 0.2) is 29.5 Å². The maximum atomic E-state index is 13.3. The van der Waals surface area contributed by atoms with E-state index in [4.69, 9.17) is 4.42 Å². The Morgan fingerprint density at radius 2 is 1.71 bits per heavy atom. The van der Waals surface area contributed by atoms with E-state index in [1.807, 2.05) is 0 Å². The molecule has 0 spiro atoms. The Morgan fingerprint density at radius 1 is 1.00 bits per heavy atom. The molecule has 2 rings (SSSR count). The molecular weight excluding hydrogens is 240 g/mol. The number of rotatable bonds is 2. The molecule has 88 valence electrons. The molecule has 0 radical (unpaired) electrons. The molecular formula is C11H4F4O2. The summed E-state index contributed by atoms with van der Waals surface area (Å²) in [6.07, 6.45) is 0.319. The van der Waals surface area contributed by atoms with Gasteiger partial charge in [0.25, 0.3) is 0 Å². The van der Waals surface area contributed by atoms with Crippen LogP contribution < -0.4 is 0 Å². The largest absolute Gasteiger partial charge is 0.453 e. The number of furan rings is 1. The van der Waals surface area contributed by atoms with Crippen LogP contribution in [0.5, 0.6) is 0 Å². The zero-order chi connectivity index (χ0) is 12.6. The van der Waals surface area contributed by atoms with Gasteiger partial charge in [-0.2, -0.15) is 0 Å². The van der Waals surface area contributed by atoms with Crippen LogP contribution in [-0.2, 0) is 0 Å². The standard InChI is InChI=1S/C11H4F4O2/c12-6-3-7(13)10(14)11(15)9(6)8-2-1-5(4-16)17-8/h1-4H. The van der Waals surface area contributed by atoms with Crippen molar-refractivity contribution in [1.29, 1.82) is 0 Å². The summed E-state index contributed by atoms with van der Waals surface area (Å²) in [7, 11) is 0. The number of halogens is 4. The van der Waals surface area contributed by atoms with Gasteiger partial charge in [0.2, 0.25) is 0 Å². The number of benzene rings is 1. The molecule has 1 heterocycles. The monoisotopic (exact) mass is 244 g/mol. The van der Waals surface area contributed by atoms with E-state index in [0.717, 1.165) is 12.1 Å². The van der Waals surface area contributed by atoms with Crippen LogP contribution in [0.15, 0.2) is 22.6 Å². The van der Waals surface area contributed by atoms with E-state index in [1.54, 1.807) is 0 Å². The van der Waals surface area contributed by atoms with Gasteiger partial charge in [0.1, 0.15) is 11.6 Å². The third-order valence-corrected chi connectivity index (χ3v) is 2.10. The fourth-order valence-electron chi connectivity index (χ4n) is 1.34. The number of hydrogen-bond donors (Lipinski definition) is 0. The van der Waals surface area contributed by atoms with Gasteiger partial charge < -0.3 is 4.42 Å². The molecule has 0 aliphatic carbocycles. The van der Waals surface area contributed by atoms with Gasteiger partial charge >= 0.3 is 0 Å². The zero-order valence-corrected chi connectivity index (χ0v) is 8.14. The number of carbonyl (C=O) groups is 1. The minimum Gasteiger partial charge on any atom is -0.453 e. The quantitative estimate of drug-likeness (QED) is 0.351. The zero-order valence-electron chi connectivity index (χ0n) is 8.14. The SMILES string of the molecule is O=Cc1ccc(-c2c(F)cc(F)c(F)c2F)o1. The molecule has 0 aliphatic heterocycles. The second kappa shape index (κ2) is 4.04. The Balaban J connectivity index is 2.66. The van der Waals surface area contributed by atoms with E-state index >= 15 is 0 Å². The van der Waals surface area contributed by atoms with Crippen molar-refractivity contribution in [2.45, 2.75) is 0 Å². The predicted octanol–water partition coefficient (Wildman–Crippen LogP) is 3.32. The minimum atomic E-state index is -1.80. The second-order valence-electron chi connectivity index (χ2n) is 3.16. The summed E-state index contributed by atoms with van der Waals surface area (Å²) in [5, 5.41) is 0. The minimum absolute atomic E-state index is 0.177. The first-order valence-corrected chi connectivity index (χ1v) is 4.43. The van der Waals surface area contributed by atoms with Gasteiger partial charge in [-0.1, -0.05) is 0 Å².